The summed E-state index contributed by atoms with van der Waals surface area (Å²) in [5.74, 6) is -1.01. The van der Waals surface area contributed by atoms with Crippen molar-refractivity contribution < 1.29 is 28.6 Å². The number of rotatable bonds is 45. The third-order valence-corrected chi connectivity index (χ3v) is 10.7. The Kier molecular flexibility index (Phi) is 47.5. The van der Waals surface area contributed by atoms with Gasteiger partial charge in [0.2, 0.25) is 0 Å². The number of hydrogen-bond donors (Lipinski definition) is 0. The first-order valence-corrected chi connectivity index (χ1v) is 25.6. The van der Waals surface area contributed by atoms with Crippen LogP contribution in [0.4, 0.5) is 0 Å². The number of esters is 3. The number of allylic oxidation sites excluding steroid dienone is 14. The van der Waals surface area contributed by atoms with Crippen LogP contribution in [0.3, 0.4) is 0 Å². The van der Waals surface area contributed by atoms with E-state index in [4.69, 9.17) is 14.2 Å². The van der Waals surface area contributed by atoms with Crippen molar-refractivity contribution in [2.75, 3.05) is 13.2 Å². The van der Waals surface area contributed by atoms with Crippen LogP contribution in [0.5, 0.6) is 0 Å². The minimum absolute atomic E-state index is 0.110. The van der Waals surface area contributed by atoms with Crippen molar-refractivity contribution >= 4 is 17.9 Å². The Morgan fingerprint density at radius 3 is 1.11 bits per heavy atom. The molecule has 0 aromatic rings. The normalized spacial score (nSPS) is 12.8. The molecule has 0 saturated heterocycles. The molecule has 0 aliphatic rings. The van der Waals surface area contributed by atoms with Crippen molar-refractivity contribution in [1.29, 1.82) is 0 Å². The lowest BCUT2D eigenvalue weighted by Crippen LogP contribution is -2.30. The van der Waals surface area contributed by atoms with Gasteiger partial charge in [-0.05, 0) is 77.0 Å². The van der Waals surface area contributed by atoms with Gasteiger partial charge in [0.05, 0.1) is 0 Å². The van der Waals surface area contributed by atoms with E-state index in [1.165, 1.54) is 96.3 Å². The average molecular weight is 863 g/mol. The predicted molar refractivity (Wildman–Crippen MR) is 265 cm³/mol. The Balaban J connectivity index is 4.48. The fraction of sp³-hybridized carbons (Fsp3) is 0.696. The van der Waals surface area contributed by atoms with E-state index in [9.17, 15) is 14.4 Å². The van der Waals surface area contributed by atoms with Gasteiger partial charge in [-0.25, -0.2) is 0 Å². The summed E-state index contributed by atoms with van der Waals surface area (Å²) in [6, 6.07) is 0. The maximum absolute atomic E-state index is 12.7. The maximum Gasteiger partial charge on any atom is 0.306 e. The van der Waals surface area contributed by atoms with E-state index in [2.05, 4.69) is 93.7 Å². The molecule has 0 bridgehead atoms. The summed E-state index contributed by atoms with van der Waals surface area (Å²) in [6.45, 7) is 6.42. The molecule has 1 atom stereocenters. The minimum Gasteiger partial charge on any atom is -0.462 e. The zero-order valence-corrected chi connectivity index (χ0v) is 40.4. The zero-order chi connectivity index (χ0) is 45.1. The second-order valence-corrected chi connectivity index (χ2v) is 16.7. The second kappa shape index (κ2) is 50.2. The first-order valence-electron chi connectivity index (χ1n) is 25.6. The van der Waals surface area contributed by atoms with Crippen molar-refractivity contribution in [2.45, 2.75) is 239 Å². The molecule has 0 amide bonds. The number of hydrogen-bond acceptors (Lipinski definition) is 6. The third-order valence-electron chi connectivity index (χ3n) is 10.7. The maximum atomic E-state index is 12.7. The topological polar surface area (TPSA) is 78.9 Å². The molecular formula is C56H94O6. The van der Waals surface area contributed by atoms with Crippen LogP contribution in [0.1, 0.15) is 233 Å². The Morgan fingerprint density at radius 2 is 0.710 bits per heavy atom. The van der Waals surface area contributed by atoms with Crippen LogP contribution in [0.2, 0.25) is 0 Å². The lowest BCUT2D eigenvalue weighted by atomic mass is 10.1. The summed E-state index contributed by atoms with van der Waals surface area (Å²) >= 11 is 0. The molecule has 6 heteroatoms. The molecule has 0 aromatic heterocycles. The molecule has 0 aliphatic heterocycles. The monoisotopic (exact) mass is 863 g/mol. The number of carbonyl (C=O) groups excluding carboxylic acids is 3. The zero-order valence-electron chi connectivity index (χ0n) is 40.4. The summed E-state index contributed by atoms with van der Waals surface area (Å²) in [6.07, 6.45) is 64.4. The highest BCUT2D eigenvalue weighted by molar-refractivity contribution is 5.71. The van der Waals surface area contributed by atoms with Gasteiger partial charge in [-0.15, -0.1) is 0 Å². The highest BCUT2D eigenvalue weighted by Gasteiger charge is 2.19. The molecule has 0 radical (unpaired) electrons. The predicted octanol–water partition coefficient (Wildman–Crippen LogP) is 16.8. The molecule has 0 rings (SSSR count). The van der Waals surface area contributed by atoms with Crippen molar-refractivity contribution in [3.05, 3.63) is 85.1 Å². The lowest BCUT2D eigenvalue weighted by Gasteiger charge is -2.18. The molecule has 0 fully saturated rings. The van der Waals surface area contributed by atoms with Gasteiger partial charge in [-0.3, -0.25) is 14.4 Å². The van der Waals surface area contributed by atoms with E-state index in [-0.39, 0.29) is 31.6 Å². The fourth-order valence-corrected chi connectivity index (χ4v) is 6.83. The number of carbonyl (C=O) groups is 3. The van der Waals surface area contributed by atoms with Gasteiger partial charge in [0, 0.05) is 19.3 Å². The van der Waals surface area contributed by atoms with Crippen LogP contribution in [-0.4, -0.2) is 37.2 Å². The summed E-state index contributed by atoms with van der Waals surface area (Å²) in [5.41, 5.74) is 0. The highest BCUT2D eigenvalue weighted by Crippen LogP contribution is 2.13. The van der Waals surface area contributed by atoms with E-state index in [1.807, 2.05) is 12.2 Å². The van der Waals surface area contributed by atoms with Gasteiger partial charge in [0.25, 0.3) is 0 Å². The average Bonchev–Trinajstić information content (AvgIpc) is 3.27. The smallest absolute Gasteiger partial charge is 0.306 e. The molecule has 62 heavy (non-hydrogen) atoms. The van der Waals surface area contributed by atoms with E-state index in [0.29, 0.717) is 19.3 Å². The first kappa shape index (κ1) is 58.6. The third kappa shape index (κ3) is 47.6. The molecule has 6 nitrogen and oxygen atoms in total. The van der Waals surface area contributed by atoms with Crippen LogP contribution < -0.4 is 0 Å². The largest absolute Gasteiger partial charge is 0.462 e. The van der Waals surface area contributed by atoms with Crippen LogP contribution in [0.15, 0.2) is 85.1 Å². The summed E-state index contributed by atoms with van der Waals surface area (Å²) < 4.78 is 16.7. The van der Waals surface area contributed by atoms with Gasteiger partial charge in [-0.2, -0.15) is 0 Å². The van der Waals surface area contributed by atoms with Crippen molar-refractivity contribution in [3.63, 3.8) is 0 Å². The van der Waals surface area contributed by atoms with Gasteiger partial charge in [0.1, 0.15) is 13.2 Å². The van der Waals surface area contributed by atoms with E-state index >= 15 is 0 Å². The van der Waals surface area contributed by atoms with Crippen LogP contribution in [-0.2, 0) is 28.6 Å². The van der Waals surface area contributed by atoms with E-state index < -0.39 is 12.1 Å². The Bertz CT molecular complexity index is 1220. The van der Waals surface area contributed by atoms with Crippen molar-refractivity contribution in [2.24, 2.45) is 0 Å². The minimum atomic E-state index is -0.820. The van der Waals surface area contributed by atoms with Crippen LogP contribution in [0, 0.1) is 0 Å². The van der Waals surface area contributed by atoms with E-state index in [1.54, 1.807) is 0 Å². The van der Waals surface area contributed by atoms with Crippen molar-refractivity contribution in [1.82, 2.24) is 0 Å². The van der Waals surface area contributed by atoms with Crippen LogP contribution in [0.25, 0.3) is 0 Å². The molecule has 0 aromatic carbocycles. The number of ether oxygens (including phenoxy) is 3. The molecule has 1 unspecified atom stereocenters. The lowest BCUT2D eigenvalue weighted by molar-refractivity contribution is -0.166. The summed E-state index contributed by atoms with van der Waals surface area (Å²) in [7, 11) is 0. The van der Waals surface area contributed by atoms with E-state index in [0.717, 1.165) is 89.9 Å². The first-order chi connectivity index (χ1) is 30.5. The molecule has 354 valence electrons. The summed E-state index contributed by atoms with van der Waals surface area (Å²) in [5, 5.41) is 0. The standard InChI is InChI=1S/C56H94O6/c1-4-7-10-13-16-19-22-24-26-28-29-31-32-34-37-40-43-46-49-55(58)61-52-53(51-60-54(57)48-45-42-39-36-21-18-15-12-9-6-3)62-56(59)50-47-44-41-38-35-33-30-27-25-23-20-17-14-11-8-5-2/h8,11,17,20,25-29,31,33,35,41,44,53H,4-7,9-10,12-16,18-19,21-24,30,32,34,36-40,42-43,45-52H2,1-3H3/b11-8-,20-17-,27-25-,28-26-,31-29-,35-33-,44-41-. The Morgan fingerprint density at radius 1 is 0.355 bits per heavy atom. The Labute approximate surface area is 382 Å². The van der Waals surface area contributed by atoms with Gasteiger partial charge in [-0.1, -0.05) is 221 Å². The molecule has 0 spiro atoms. The molecule has 0 aliphatic carbocycles. The van der Waals surface area contributed by atoms with Gasteiger partial charge >= 0.3 is 17.9 Å². The quantitative estimate of drug-likeness (QED) is 0.0199. The van der Waals surface area contributed by atoms with Gasteiger partial charge < -0.3 is 14.2 Å². The fourth-order valence-electron chi connectivity index (χ4n) is 6.83. The molecular weight excluding hydrogens is 769 g/mol. The summed E-state index contributed by atoms with van der Waals surface area (Å²) in [4.78, 5) is 37.9. The second-order valence-electron chi connectivity index (χ2n) is 16.7. The van der Waals surface area contributed by atoms with Crippen LogP contribution >= 0.6 is 0 Å². The Hall–Kier alpha value is -3.41. The van der Waals surface area contributed by atoms with Crippen molar-refractivity contribution in [3.8, 4) is 0 Å². The molecule has 0 heterocycles. The molecule has 0 N–H and O–H groups in total. The van der Waals surface area contributed by atoms with Gasteiger partial charge in [0.15, 0.2) is 6.10 Å². The number of unbranched alkanes of at least 4 members (excludes halogenated alkanes) is 21. The highest BCUT2D eigenvalue weighted by atomic mass is 16.6. The SMILES string of the molecule is CC/C=C\C/C=C\C/C=C\C/C=C\C/C=C\CCC(=O)OC(COC(=O)CCCCCCC/C=C\C=C/CCCCCCCCC)COC(=O)CCCCCCCCCCCC. The molecule has 0 saturated carbocycles.